The van der Waals surface area contributed by atoms with Crippen molar-refractivity contribution >= 4 is 11.9 Å². The Bertz CT molecular complexity index is 759. The van der Waals surface area contributed by atoms with Crippen molar-refractivity contribution in [3.63, 3.8) is 0 Å². The lowest BCUT2D eigenvalue weighted by molar-refractivity contribution is -0.274. The number of benzene rings is 2. The summed E-state index contributed by atoms with van der Waals surface area (Å²) in [6, 6.07) is 10.9. The van der Waals surface area contributed by atoms with Gasteiger partial charge in [0.05, 0.1) is 11.1 Å². The molecule has 0 unspecified atom stereocenters. The first-order valence-electron chi connectivity index (χ1n) is 6.72. The zero-order chi connectivity index (χ0) is 17.7. The second kappa shape index (κ2) is 7.03. The number of carbonyl (C=O) groups is 2. The van der Waals surface area contributed by atoms with Gasteiger partial charge in [0.1, 0.15) is 5.75 Å². The van der Waals surface area contributed by atoms with Crippen LogP contribution in [0.3, 0.4) is 0 Å². The molecule has 2 aromatic rings. The molecule has 0 radical (unpaired) electrons. The lowest BCUT2D eigenvalue weighted by atomic mass is 10.1. The Kier molecular flexibility index (Phi) is 5.08. The van der Waals surface area contributed by atoms with E-state index in [2.05, 4.69) is 10.1 Å². The highest BCUT2D eigenvalue weighted by atomic mass is 19.4. The van der Waals surface area contributed by atoms with Crippen LogP contribution in [0, 0.1) is 0 Å². The standard InChI is InChI=1S/C16H12F3NO4/c17-16(18,19)24-13-8-4-1-5-10(13)9-20-14(21)11-6-2-3-7-12(11)15(22)23/h1-8H,9H2,(H,20,21)(H,22,23). The SMILES string of the molecule is O=C(O)c1ccccc1C(=O)NCc1ccccc1OC(F)(F)F. The normalized spacial score (nSPS) is 11.0. The second-order valence-electron chi connectivity index (χ2n) is 4.69. The van der Waals surface area contributed by atoms with Crippen LogP contribution in [0.1, 0.15) is 26.3 Å². The van der Waals surface area contributed by atoms with E-state index < -0.39 is 24.0 Å². The van der Waals surface area contributed by atoms with Crippen LogP contribution in [0.4, 0.5) is 13.2 Å². The predicted molar refractivity (Wildman–Crippen MR) is 77.7 cm³/mol. The lowest BCUT2D eigenvalue weighted by Gasteiger charge is -2.14. The molecule has 2 N–H and O–H groups in total. The molecule has 126 valence electrons. The zero-order valence-corrected chi connectivity index (χ0v) is 12.1. The number of carboxylic acids is 1. The molecule has 0 aliphatic rings. The molecule has 24 heavy (non-hydrogen) atoms. The molecule has 0 atom stereocenters. The number of carbonyl (C=O) groups excluding carboxylic acids is 1. The Morgan fingerprint density at radius 1 is 1.00 bits per heavy atom. The maximum absolute atomic E-state index is 12.4. The van der Waals surface area contributed by atoms with Gasteiger partial charge < -0.3 is 15.2 Å². The monoisotopic (exact) mass is 339 g/mol. The molecule has 2 aromatic carbocycles. The van der Waals surface area contributed by atoms with Gasteiger partial charge >= 0.3 is 12.3 Å². The number of amides is 1. The second-order valence-corrected chi connectivity index (χ2v) is 4.69. The van der Waals surface area contributed by atoms with Crippen molar-refractivity contribution in [2.75, 3.05) is 0 Å². The van der Waals surface area contributed by atoms with Gasteiger partial charge in [-0.2, -0.15) is 0 Å². The maximum Gasteiger partial charge on any atom is 0.573 e. The number of rotatable bonds is 5. The Balaban J connectivity index is 2.15. The number of halogens is 3. The molecule has 0 bridgehead atoms. The van der Waals surface area contributed by atoms with Crippen LogP contribution >= 0.6 is 0 Å². The topological polar surface area (TPSA) is 75.6 Å². The first kappa shape index (κ1) is 17.3. The molecule has 8 heteroatoms. The Morgan fingerprint density at radius 3 is 2.21 bits per heavy atom. The van der Waals surface area contributed by atoms with Crippen molar-refractivity contribution in [1.29, 1.82) is 0 Å². The van der Waals surface area contributed by atoms with Crippen molar-refractivity contribution in [3.05, 3.63) is 65.2 Å². The first-order valence-corrected chi connectivity index (χ1v) is 6.72. The van der Waals surface area contributed by atoms with Crippen LogP contribution < -0.4 is 10.1 Å². The summed E-state index contributed by atoms with van der Waals surface area (Å²) < 4.78 is 40.9. The van der Waals surface area contributed by atoms with E-state index in [0.717, 1.165) is 6.07 Å². The van der Waals surface area contributed by atoms with Crippen LogP contribution in [0.15, 0.2) is 48.5 Å². The minimum atomic E-state index is -4.85. The van der Waals surface area contributed by atoms with E-state index in [1.807, 2.05) is 0 Å². The van der Waals surface area contributed by atoms with Crippen LogP contribution in [-0.2, 0) is 6.54 Å². The summed E-state index contributed by atoms with van der Waals surface area (Å²) in [6.07, 6.45) is -4.85. The average Bonchev–Trinajstić information content (AvgIpc) is 2.52. The van der Waals surface area contributed by atoms with Gasteiger partial charge in [-0.3, -0.25) is 4.79 Å². The van der Waals surface area contributed by atoms with Crippen LogP contribution in [0.25, 0.3) is 0 Å². The summed E-state index contributed by atoms with van der Waals surface area (Å²) in [5, 5.41) is 11.4. The van der Waals surface area contributed by atoms with E-state index in [9.17, 15) is 22.8 Å². The molecule has 5 nitrogen and oxygen atoms in total. The third kappa shape index (κ3) is 4.48. The van der Waals surface area contributed by atoms with Gasteiger partial charge in [-0.05, 0) is 18.2 Å². The Hall–Kier alpha value is -3.03. The number of ether oxygens (including phenoxy) is 1. The number of carboxylic acid groups (broad SMARTS) is 1. The Morgan fingerprint density at radius 2 is 1.58 bits per heavy atom. The quantitative estimate of drug-likeness (QED) is 0.877. The van der Waals surface area contributed by atoms with Crippen molar-refractivity contribution in [2.24, 2.45) is 0 Å². The minimum Gasteiger partial charge on any atom is -0.478 e. The highest BCUT2D eigenvalue weighted by molar-refractivity contribution is 6.04. The smallest absolute Gasteiger partial charge is 0.478 e. The van der Waals surface area contributed by atoms with Crippen molar-refractivity contribution < 1.29 is 32.6 Å². The fraction of sp³-hybridized carbons (Fsp3) is 0.125. The predicted octanol–water partition coefficient (Wildman–Crippen LogP) is 3.21. The summed E-state index contributed by atoms with van der Waals surface area (Å²) in [7, 11) is 0. The van der Waals surface area contributed by atoms with Crippen molar-refractivity contribution in [3.8, 4) is 5.75 Å². The zero-order valence-electron chi connectivity index (χ0n) is 12.1. The van der Waals surface area contributed by atoms with Gasteiger partial charge in [0.15, 0.2) is 0 Å². The highest BCUT2D eigenvalue weighted by Gasteiger charge is 2.32. The third-order valence-electron chi connectivity index (χ3n) is 3.04. The molecule has 0 fully saturated rings. The fourth-order valence-electron chi connectivity index (χ4n) is 2.01. The maximum atomic E-state index is 12.4. The van der Waals surface area contributed by atoms with Gasteiger partial charge in [0.2, 0.25) is 0 Å². The molecule has 0 spiro atoms. The largest absolute Gasteiger partial charge is 0.573 e. The molecular weight excluding hydrogens is 327 g/mol. The van der Waals surface area contributed by atoms with Gasteiger partial charge in [0.25, 0.3) is 5.91 Å². The molecule has 0 aliphatic heterocycles. The number of aromatic carboxylic acids is 1. The van der Waals surface area contributed by atoms with E-state index in [4.69, 9.17) is 5.11 Å². The summed E-state index contributed by atoms with van der Waals surface area (Å²) in [4.78, 5) is 23.2. The number of nitrogens with one attached hydrogen (secondary N) is 1. The van der Waals surface area contributed by atoms with Crippen molar-refractivity contribution in [1.82, 2.24) is 5.32 Å². The summed E-state index contributed by atoms with van der Waals surface area (Å²) in [6.45, 7) is -0.251. The minimum absolute atomic E-state index is 0.0841. The number of para-hydroxylation sites is 1. The summed E-state index contributed by atoms with van der Waals surface area (Å²) in [5.41, 5.74) is -0.176. The lowest BCUT2D eigenvalue weighted by Crippen LogP contribution is -2.26. The van der Waals surface area contributed by atoms with Crippen LogP contribution in [0.2, 0.25) is 0 Å². The Labute approximate surface area is 134 Å². The van der Waals surface area contributed by atoms with E-state index >= 15 is 0 Å². The molecular formula is C16H12F3NO4. The van der Waals surface area contributed by atoms with E-state index in [1.165, 1.54) is 42.5 Å². The van der Waals surface area contributed by atoms with Gasteiger partial charge in [-0.1, -0.05) is 30.3 Å². The van der Waals surface area contributed by atoms with E-state index in [1.54, 1.807) is 0 Å². The summed E-state index contributed by atoms with van der Waals surface area (Å²) in [5.74, 6) is -2.42. The molecule has 0 saturated carbocycles. The molecule has 0 saturated heterocycles. The molecule has 2 rings (SSSR count). The van der Waals surface area contributed by atoms with Crippen LogP contribution in [0.5, 0.6) is 5.75 Å². The van der Waals surface area contributed by atoms with Crippen LogP contribution in [-0.4, -0.2) is 23.3 Å². The summed E-state index contributed by atoms with van der Waals surface area (Å²) >= 11 is 0. The van der Waals surface area contributed by atoms with Crippen molar-refractivity contribution in [2.45, 2.75) is 12.9 Å². The van der Waals surface area contributed by atoms with Gasteiger partial charge in [-0.25, -0.2) is 4.79 Å². The highest BCUT2D eigenvalue weighted by Crippen LogP contribution is 2.26. The molecule has 0 aromatic heterocycles. The number of hydrogen-bond acceptors (Lipinski definition) is 3. The molecule has 1 amide bonds. The van der Waals surface area contributed by atoms with Gasteiger partial charge in [-0.15, -0.1) is 13.2 Å². The number of alkyl halides is 3. The fourth-order valence-corrected chi connectivity index (χ4v) is 2.01. The van der Waals surface area contributed by atoms with Gasteiger partial charge in [0, 0.05) is 12.1 Å². The molecule has 0 heterocycles. The average molecular weight is 339 g/mol. The third-order valence-corrected chi connectivity index (χ3v) is 3.04. The first-order chi connectivity index (χ1) is 11.3. The number of hydrogen-bond donors (Lipinski definition) is 2. The van der Waals surface area contributed by atoms with E-state index in [0.29, 0.717) is 0 Å². The van der Waals surface area contributed by atoms with E-state index in [-0.39, 0.29) is 23.2 Å². The molecule has 0 aliphatic carbocycles.